The topological polar surface area (TPSA) is 23.8 Å². The third kappa shape index (κ3) is 3.35. The predicted molar refractivity (Wildman–Crippen MR) is 76.3 cm³/mol. The van der Waals surface area contributed by atoms with Crippen LogP contribution in [0.25, 0.3) is 11.6 Å². The van der Waals surface area contributed by atoms with Crippen molar-refractivity contribution in [3.63, 3.8) is 0 Å². The van der Waals surface area contributed by atoms with E-state index < -0.39 is 5.82 Å². The summed E-state index contributed by atoms with van der Waals surface area (Å²) in [5, 5.41) is 10.0. The van der Waals surface area contributed by atoms with Crippen LogP contribution in [0.4, 0.5) is 4.39 Å². The van der Waals surface area contributed by atoms with Gasteiger partial charge in [-0.3, -0.25) is 0 Å². The molecule has 0 saturated heterocycles. The molecular weight excluding hydrogens is 284 g/mol. The number of nitriles is 1. The minimum absolute atomic E-state index is 0.215. The molecule has 0 aromatic heterocycles. The van der Waals surface area contributed by atoms with E-state index in [9.17, 15) is 4.39 Å². The quantitative estimate of drug-likeness (QED) is 0.551. The van der Waals surface area contributed by atoms with Crippen LogP contribution in [0.1, 0.15) is 11.1 Å². The number of halogens is 3. The fourth-order valence-corrected chi connectivity index (χ4v) is 2.00. The van der Waals surface area contributed by atoms with Crippen LogP contribution in [0.15, 0.2) is 42.5 Å². The Morgan fingerprint density at radius 2 is 1.84 bits per heavy atom. The molecule has 2 rings (SSSR count). The maximum absolute atomic E-state index is 13.8. The molecule has 2 aromatic carbocycles. The molecule has 0 saturated carbocycles. The van der Waals surface area contributed by atoms with Crippen molar-refractivity contribution in [2.45, 2.75) is 0 Å². The molecule has 0 fully saturated rings. The zero-order valence-electron chi connectivity index (χ0n) is 9.70. The maximum Gasteiger partial charge on any atom is 0.133 e. The Kier molecular flexibility index (Phi) is 4.21. The molecule has 1 nitrogen and oxygen atoms in total. The van der Waals surface area contributed by atoms with E-state index >= 15 is 0 Å². The van der Waals surface area contributed by atoms with E-state index in [1.807, 2.05) is 6.07 Å². The summed E-state index contributed by atoms with van der Waals surface area (Å²) in [4.78, 5) is 0. The summed E-state index contributed by atoms with van der Waals surface area (Å²) in [7, 11) is 0. The largest absolute Gasteiger partial charge is 0.206 e. The Balaban J connectivity index is 2.48. The van der Waals surface area contributed by atoms with Crippen molar-refractivity contribution in [2.75, 3.05) is 0 Å². The van der Waals surface area contributed by atoms with Gasteiger partial charge in [0.15, 0.2) is 0 Å². The van der Waals surface area contributed by atoms with Gasteiger partial charge in [0.2, 0.25) is 0 Å². The lowest BCUT2D eigenvalue weighted by Crippen LogP contribution is -1.88. The van der Waals surface area contributed by atoms with Gasteiger partial charge in [-0.15, -0.1) is 0 Å². The van der Waals surface area contributed by atoms with Crippen LogP contribution in [-0.4, -0.2) is 0 Å². The van der Waals surface area contributed by atoms with Crippen LogP contribution in [0.3, 0.4) is 0 Å². The summed E-state index contributed by atoms with van der Waals surface area (Å²) >= 11 is 11.6. The van der Waals surface area contributed by atoms with E-state index in [1.165, 1.54) is 12.1 Å². The van der Waals surface area contributed by atoms with Gasteiger partial charge in [-0.2, -0.15) is 5.26 Å². The molecule has 0 amide bonds. The van der Waals surface area contributed by atoms with Crippen molar-refractivity contribution in [1.29, 1.82) is 5.26 Å². The molecular formula is C15H8Cl2FN. The second-order valence-electron chi connectivity index (χ2n) is 3.85. The van der Waals surface area contributed by atoms with Gasteiger partial charge in [-0.1, -0.05) is 35.3 Å². The molecule has 0 aliphatic rings. The lowest BCUT2D eigenvalue weighted by Gasteiger charge is -2.02. The molecule has 0 atom stereocenters. The molecule has 0 unspecified atom stereocenters. The average Bonchev–Trinajstić information content (AvgIpc) is 2.37. The summed E-state index contributed by atoms with van der Waals surface area (Å²) in [5.74, 6) is -0.526. The molecule has 0 heterocycles. The van der Waals surface area contributed by atoms with Gasteiger partial charge in [0.25, 0.3) is 0 Å². The number of hydrogen-bond donors (Lipinski definition) is 0. The summed E-state index contributed by atoms with van der Waals surface area (Å²) in [6.45, 7) is 0. The number of nitrogens with zero attached hydrogens (tertiary/aromatic N) is 1. The summed E-state index contributed by atoms with van der Waals surface area (Å²) in [5.41, 5.74) is 1.17. The van der Waals surface area contributed by atoms with Crippen molar-refractivity contribution in [3.8, 4) is 6.07 Å². The Morgan fingerprint density at radius 1 is 1.11 bits per heavy atom. The first-order chi connectivity index (χ1) is 9.10. The van der Waals surface area contributed by atoms with Crippen LogP contribution < -0.4 is 0 Å². The van der Waals surface area contributed by atoms with Gasteiger partial charge in [0.1, 0.15) is 5.82 Å². The summed E-state index contributed by atoms with van der Waals surface area (Å²) in [6.07, 6.45) is 1.58. The Morgan fingerprint density at radius 3 is 2.47 bits per heavy atom. The molecule has 0 bridgehead atoms. The van der Waals surface area contributed by atoms with Crippen molar-refractivity contribution >= 4 is 34.9 Å². The minimum Gasteiger partial charge on any atom is -0.206 e. The highest BCUT2D eigenvalue weighted by atomic mass is 35.5. The maximum atomic E-state index is 13.8. The molecule has 0 N–H and O–H groups in total. The number of rotatable bonds is 2. The predicted octanol–water partition coefficient (Wildman–Crippen LogP) is 5.20. The lowest BCUT2D eigenvalue weighted by molar-refractivity contribution is 0.624. The van der Waals surface area contributed by atoms with Crippen LogP contribution in [0.2, 0.25) is 10.0 Å². The fourth-order valence-electron chi connectivity index (χ4n) is 1.64. The number of allylic oxidation sites excluding steroid dienone is 1. The first kappa shape index (κ1) is 13.6. The van der Waals surface area contributed by atoms with E-state index in [1.54, 1.807) is 36.4 Å². The Labute approximate surface area is 120 Å². The van der Waals surface area contributed by atoms with Crippen molar-refractivity contribution in [2.24, 2.45) is 0 Å². The van der Waals surface area contributed by atoms with E-state index in [4.69, 9.17) is 28.5 Å². The van der Waals surface area contributed by atoms with Gasteiger partial charge >= 0.3 is 0 Å². The van der Waals surface area contributed by atoms with Crippen LogP contribution in [0, 0.1) is 17.1 Å². The zero-order chi connectivity index (χ0) is 13.8. The van der Waals surface area contributed by atoms with Crippen molar-refractivity contribution in [1.82, 2.24) is 0 Å². The van der Waals surface area contributed by atoms with Gasteiger partial charge < -0.3 is 0 Å². The van der Waals surface area contributed by atoms with E-state index in [0.29, 0.717) is 10.0 Å². The molecule has 94 valence electrons. The average molecular weight is 292 g/mol. The highest BCUT2D eigenvalue weighted by Gasteiger charge is 2.08. The molecule has 4 heteroatoms. The highest BCUT2D eigenvalue weighted by molar-refractivity contribution is 6.31. The highest BCUT2D eigenvalue weighted by Crippen LogP contribution is 2.24. The molecule has 0 aliphatic carbocycles. The van der Waals surface area contributed by atoms with Gasteiger partial charge in [0.05, 0.1) is 11.6 Å². The smallest absolute Gasteiger partial charge is 0.133 e. The molecule has 19 heavy (non-hydrogen) atoms. The van der Waals surface area contributed by atoms with E-state index in [0.717, 1.165) is 5.56 Å². The SMILES string of the molecule is N#CC(=Cc1cccc(Cl)c1)c1ccc(Cl)cc1F. The minimum atomic E-state index is -0.526. The van der Waals surface area contributed by atoms with Crippen LogP contribution in [0.5, 0.6) is 0 Å². The van der Waals surface area contributed by atoms with E-state index in [2.05, 4.69) is 0 Å². The van der Waals surface area contributed by atoms with Gasteiger partial charge in [-0.05, 0) is 42.0 Å². The lowest BCUT2D eigenvalue weighted by atomic mass is 10.0. The third-order valence-corrected chi connectivity index (χ3v) is 2.97. The Bertz CT molecular complexity index is 687. The van der Waals surface area contributed by atoms with Crippen molar-refractivity contribution in [3.05, 3.63) is 69.5 Å². The van der Waals surface area contributed by atoms with E-state index in [-0.39, 0.29) is 11.1 Å². The first-order valence-corrected chi connectivity index (χ1v) is 6.18. The van der Waals surface area contributed by atoms with Crippen molar-refractivity contribution < 1.29 is 4.39 Å². The molecule has 0 radical (unpaired) electrons. The summed E-state index contributed by atoms with van der Waals surface area (Å²) < 4.78 is 13.8. The molecule has 0 spiro atoms. The Hall–Kier alpha value is -1.82. The number of benzene rings is 2. The van der Waals surface area contributed by atoms with Crippen LogP contribution >= 0.6 is 23.2 Å². The second-order valence-corrected chi connectivity index (χ2v) is 4.72. The third-order valence-electron chi connectivity index (χ3n) is 2.50. The zero-order valence-corrected chi connectivity index (χ0v) is 11.2. The normalized spacial score (nSPS) is 11.2. The molecule has 0 aliphatic heterocycles. The van der Waals surface area contributed by atoms with Gasteiger partial charge in [-0.25, -0.2) is 4.39 Å². The monoisotopic (exact) mass is 291 g/mol. The standard InChI is InChI=1S/C15H8Cl2FN/c16-12-3-1-2-10(7-12)6-11(9-19)14-5-4-13(17)8-15(14)18/h1-8H. The van der Waals surface area contributed by atoms with Gasteiger partial charge in [0, 0.05) is 15.6 Å². The second kappa shape index (κ2) is 5.88. The summed E-state index contributed by atoms with van der Waals surface area (Å²) in [6, 6.07) is 13.2. The number of hydrogen-bond acceptors (Lipinski definition) is 1. The molecule has 2 aromatic rings. The first-order valence-electron chi connectivity index (χ1n) is 5.43. The fraction of sp³-hybridized carbons (Fsp3) is 0. The van der Waals surface area contributed by atoms with Crippen LogP contribution in [-0.2, 0) is 0 Å².